The standard InChI is InChI=1S/C14H30N2/c1-2-3-4-5-6-9-12-16-14-11-8-7-10-13(14)15/h13-14,16H,2-12,15H2,1H3. The lowest BCUT2D eigenvalue weighted by atomic mass is 9.91. The van der Waals surface area contributed by atoms with Gasteiger partial charge in [-0.05, 0) is 25.8 Å². The van der Waals surface area contributed by atoms with Crippen molar-refractivity contribution in [1.29, 1.82) is 0 Å². The smallest absolute Gasteiger partial charge is 0.0219 e. The SMILES string of the molecule is CCCCCCCCNC1CCCCC1N. The number of hydrogen-bond acceptors (Lipinski definition) is 2. The van der Waals surface area contributed by atoms with E-state index in [0.717, 1.165) is 0 Å². The molecule has 0 aliphatic heterocycles. The molecule has 1 aliphatic carbocycles. The van der Waals surface area contributed by atoms with Gasteiger partial charge in [0.05, 0.1) is 0 Å². The van der Waals surface area contributed by atoms with E-state index in [1.165, 1.54) is 70.8 Å². The number of nitrogens with two attached hydrogens (primary N) is 1. The van der Waals surface area contributed by atoms with Gasteiger partial charge >= 0.3 is 0 Å². The molecule has 0 spiro atoms. The Bertz CT molecular complexity index is 159. The Kier molecular flexibility index (Phi) is 7.87. The Labute approximate surface area is 101 Å². The van der Waals surface area contributed by atoms with Crippen LogP contribution in [0.5, 0.6) is 0 Å². The quantitative estimate of drug-likeness (QED) is 0.624. The molecule has 96 valence electrons. The second-order valence-corrected chi connectivity index (χ2v) is 5.28. The van der Waals surface area contributed by atoms with Crippen LogP contribution >= 0.6 is 0 Å². The molecular weight excluding hydrogens is 196 g/mol. The summed E-state index contributed by atoms with van der Waals surface area (Å²) >= 11 is 0. The fourth-order valence-corrected chi connectivity index (χ4v) is 2.61. The summed E-state index contributed by atoms with van der Waals surface area (Å²) in [6, 6.07) is 1.01. The fourth-order valence-electron chi connectivity index (χ4n) is 2.61. The molecule has 0 aromatic carbocycles. The first kappa shape index (κ1) is 14.0. The van der Waals surface area contributed by atoms with E-state index in [0.29, 0.717) is 12.1 Å². The molecule has 1 aliphatic rings. The van der Waals surface area contributed by atoms with Crippen LogP contribution in [0.2, 0.25) is 0 Å². The predicted octanol–water partition coefficient (Wildman–Crippen LogP) is 3.21. The maximum Gasteiger partial charge on any atom is 0.0219 e. The highest BCUT2D eigenvalue weighted by Crippen LogP contribution is 2.16. The van der Waals surface area contributed by atoms with Gasteiger partial charge in [0, 0.05) is 12.1 Å². The summed E-state index contributed by atoms with van der Waals surface area (Å²) in [6.45, 7) is 3.44. The van der Waals surface area contributed by atoms with Crippen molar-refractivity contribution in [3.05, 3.63) is 0 Å². The number of hydrogen-bond donors (Lipinski definition) is 2. The fraction of sp³-hybridized carbons (Fsp3) is 1.00. The maximum atomic E-state index is 6.10. The Morgan fingerprint density at radius 3 is 2.44 bits per heavy atom. The topological polar surface area (TPSA) is 38.0 Å². The van der Waals surface area contributed by atoms with E-state index in [4.69, 9.17) is 5.73 Å². The van der Waals surface area contributed by atoms with Gasteiger partial charge < -0.3 is 11.1 Å². The van der Waals surface area contributed by atoms with Crippen molar-refractivity contribution in [2.75, 3.05) is 6.54 Å². The van der Waals surface area contributed by atoms with Crippen LogP contribution in [0.4, 0.5) is 0 Å². The van der Waals surface area contributed by atoms with Crippen LogP contribution in [0.3, 0.4) is 0 Å². The maximum absolute atomic E-state index is 6.10. The van der Waals surface area contributed by atoms with Crippen LogP contribution in [0.15, 0.2) is 0 Å². The average Bonchev–Trinajstić information content (AvgIpc) is 2.30. The van der Waals surface area contributed by atoms with Crippen molar-refractivity contribution in [2.24, 2.45) is 5.73 Å². The van der Waals surface area contributed by atoms with Crippen molar-refractivity contribution in [1.82, 2.24) is 5.32 Å². The highest BCUT2D eigenvalue weighted by atomic mass is 14.9. The van der Waals surface area contributed by atoms with Crippen molar-refractivity contribution >= 4 is 0 Å². The third-order valence-electron chi connectivity index (χ3n) is 3.76. The van der Waals surface area contributed by atoms with Gasteiger partial charge in [0.1, 0.15) is 0 Å². The molecule has 1 rings (SSSR count). The first-order valence-corrected chi connectivity index (χ1v) is 7.33. The summed E-state index contributed by atoms with van der Waals surface area (Å²) < 4.78 is 0. The molecule has 0 amide bonds. The molecule has 0 heterocycles. The summed E-state index contributed by atoms with van der Waals surface area (Å²) in [5.41, 5.74) is 6.10. The van der Waals surface area contributed by atoms with E-state index in [2.05, 4.69) is 12.2 Å². The van der Waals surface area contributed by atoms with Crippen molar-refractivity contribution in [3.63, 3.8) is 0 Å². The minimum atomic E-state index is 0.411. The van der Waals surface area contributed by atoms with Gasteiger partial charge in [-0.15, -0.1) is 0 Å². The lowest BCUT2D eigenvalue weighted by Crippen LogP contribution is -2.47. The predicted molar refractivity (Wildman–Crippen MR) is 71.6 cm³/mol. The van der Waals surface area contributed by atoms with E-state index in [9.17, 15) is 0 Å². The molecule has 0 aromatic rings. The van der Waals surface area contributed by atoms with Gasteiger partial charge in [0.25, 0.3) is 0 Å². The second-order valence-electron chi connectivity index (χ2n) is 5.28. The molecule has 0 bridgehead atoms. The molecular formula is C14H30N2. The van der Waals surface area contributed by atoms with Gasteiger partial charge in [-0.25, -0.2) is 0 Å². The second kappa shape index (κ2) is 9.00. The Morgan fingerprint density at radius 1 is 1.00 bits per heavy atom. The third-order valence-corrected chi connectivity index (χ3v) is 3.76. The Hall–Kier alpha value is -0.0800. The number of unbranched alkanes of at least 4 members (excludes halogenated alkanes) is 5. The van der Waals surface area contributed by atoms with Crippen molar-refractivity contribution < 1.29 is 0 Å². The monoisotopic (exact) mass is 226 g/mol. The zero-order valence-electron chi connectivity index (χ0n) is 11.0. The molecule has 3 N–H and O–H groups in total. The molecule has 2 heteroatoms. The highest BCUT2D eigenvalue weighted by Gasteiger charge is 2.20. The van der Waals surface area contributed by atoms with Gasteiger partial charge in [-0.2, -0.15) is 0 Å². The first-order chi connectivity index (χ1) is 7.84. The zero-order chi connectivity index (χ0) is 11.6. The molecule has 16 heavy (non-hydrogen) atoms. The summed E-state index contributed by atoms with van der Waals surface area (Å²) in [6.07, 6.45) is 13.5. The van der Waals surface area contributed by atoms with E-state index < -0.39 is 0 Å². The lowest BCUT2D eigenvalue weighted by molar-refractivity contribution is 0.326. The molecule has 0 aromatic heterocycles. The van der Waals surface area contributed by atoms with Gasteiger partial charge in [0.2, 0.25) is 0 Å². The van der Waals surface area contributed by atoms with Crippen molar-refractivity contribution in [2.45, 2.75) is 83.2 Å². The molecule has 1 fully saturated rings. The van der Waals surface area contributed by atoms with Crippen LogP contribution in [0.25, 0.3) is 0 Å². The molecule has 0 saturated heterocycles. The Balaban J connectivity index is 1.90. The van der Waals surface area contributed by atoms with Gasteiger partial charge in [-0.3, -0.25) is 0 Å². The molecule has 2 nitrogen and oxygen atoms in total. The van der Waals surface area contributed by atoms with E-state index in [1.54, 1.807) is 0 Å². The largest absolute Gasteiger partial charge is 0.326 e. The first-order valence-electron chi connectivity index (χ1n) is 7.33. The normalized spacial score (nSPS) is 25.9. The summed E-state index contributed by atoms with van der Waals surface area (Å²) in [5.74, 6) is 0. The minimum absolute atomic E-state index is 0.411. The number of nitrogens with one attached hydrogen (secondary N) is 1. The summed E-state index contributed by atoms with van der Waals surface area (Å²) in [7, 11) is 0. The number of rotatable bonds is 8. The minimum Gasteiger partial charge on any atom is -0.326 e. The van der Waals surface area contributed by atoms with E-state index in [-0.39, 0.29) is 0 Å². The van der Waals surface area contributed by atoms with Crippen LogP contribution in [0.1, 0.15) is 71.1 Å². The van der Waals surface area contributed by atoms with Crippen LogP contribution in [0, 0.1) is 0 Å². The van der Waals surface area contributed by atoms with Crippen LogP contribution in [-0.4, -0.2) is 18.6 Å². The summed E-state index contributed by atoms with van der Waals surface area (Å²) in [5, 5.41) is 3.64. The highest BCUT2D eigenvalue weighted by molar-refractivity contribution is 4.83. The van der Waals surface area contributed by atoms with Gasteiger partial charge in [-0.1, -0.05) is 51.9 Å². The van der Waals surface area contributed by atoms with E-state index in [1.807, 2.05) is 0 Å². The molecule has 2 unspecified atom stereocenters. The van der Waals surface area contributed by atoms with Crippen molar-refractivity contribution in [3.8, 4) is 0 Å². The summed E-state index contributed by atoms with van der Waals surface area (Å²) in [4.78, 5) is 0. The third kappa shape index (κ3) is 5.86. The van der Waals surface area contributed by atoms with Crippen LogP contribution < -0.4 is 11.1 Å². The average molecular weight is 226 g/mol. The van der Waals surface area contributed by atoms with Gasteiger partial charge in [0.15, 0.2) is 0 Å². The lowest BCUT2D eigenvalue weighted by Gasteiger charge is -2.29. The van der Waals surface area contributed by atoms with Crippen LogP contribution in [-0.2, 0) is 0 Å². The van der Waals surface area contributed by atoms with E-state index >= 15 is 0 Å². The Morgan fingerprint density at radius 2 is 1.69 bits per heavy atom. The molecule has 0 radical (unpaired) electrons. The molecule has 1 saturated carbocycles. The zero-order valence-corrected chi connectivity index (χ0v) is 11.0. The molecule has 2 atom stereocenters.